The SMILES string of the molecule is CC1(C)C2=CC[C@H]3[C@@H]4CCC[C@@]4(C)CC[C@@H]3[C@@]2(C)CC/C1=N\O[C@@H]1CCNC1. The second-order valence-corrected chi connectivity index (χ2v) is 11.6. The first-order valence-electron chi connectivity index (χ1n) is 12.0. The number of nitrogens with one attached hydrogen (secondary N) is 1. The Balaban J connectivity index is 1.42. The molecule has 5 aliphatic rings. The Hall–Kier alpha value is -0.830. The van der Waals surface area contributed by atoms with E-state index in [1.807, 2.05) is 0 Å². The molecular weight excluding hydrogens is 344 g/mol. The summed E-state index contributed by atoms with van der Waals surface area (Å²) in [5.74, 6) is 2.77. The Morgan fingerprint density at radius 1 is 1.04 bits per heavy atom. The smallest absolute Gasteiger partial charge is 0.141 e. The van der Waals surface area contributed by atoms with Gasteiger partial charge in [0.1, 0.15) is 6.10 Å². The predicted octanol–water partition coefficient (Wildman–Crippen LogP) is 5.71. The standard InChI is InChI=1S/C25H40N2O/c1-23(2)21-8-7-18-19-6-5-12-24(19,3)13-9-20(18)25(21,4)14-10-22(23)27-28-17-11-15-26-16-17/h8,17-20,26H,5-7,9-16H2,1-4H3/b27-22+/t17-,18+,19+,20+,24+,25-/m1/s1. The van der Waals surface area contributed by atoms with Crippen molar-refractivity contribution in [2.75, 3.05) is 13.1 Å². The molecular formula is C25H40N2O. The summed E-state index contributed by atoms with van der Waals surface area (Å²) >= 11 is 0. The Bertz CT molecular complexity index is 689. The lowest BCUT2D eigenvalue weighted by molar-refractivity contribution is -0.0269. The van der Waals surface area contributed by atoms with Crippen molar-refractivity contribution in [3.63, 3.8) is 0 Å². The number of nitrogens with zero attached hydrogens (tertiary/aromatic N) is 1. The molecule has 0 aromatic rings. The lowest BCUT2D eigenvalue weighted by Crippen LogP contribution is -2.53. The summed E-state index contributed by atoms with van der Waals surface area (Å²) in [6, 6.07) is 0. The van der Waals surface area contributed by atoms with Gasteiger partial charge in [0, 0.05) is 18.4 Å². The van der Waals surface area contributed by atoms with Crippen LogP contribution >= 0.6 is 0 Å². The third-order valence-corrected chi connectivity index (χ3v) is 9.85. The van der Waals surface area contributed by atoms with Gasteiger partial charge in [0.25, 0.3) is 0 Å². The van der Waals surface area contributed by atoms with Crippen LogP contribution in [0.15, 0.2) is 16.8 Å². The maximum Gasteiger partial charge on any atom is 0.141 e. The molecule has 28 heavy (non-hydrogen) atoms. The molecule has 3 heteroatoms. The summed E-state index contributed by atoms with van der Waals surface area (Å²) in [4.78, 5) is 5.97. The Morgan fingerprint density at radius 2 is 1.89 bits per heavy atom. The molecule has 6 atom stereocenters. The first-order chi connectivity index (χ1) is 13.3. The quantitative estimate of drug-likeness (QED) is 0.489. The molecule has 0 radical (unpaired) electrons. The lowest BCUT2D eigenvalue weighted by Gasteiger charge is -2.59. The number of hydrogen-bond acceptors (Lipinski definition) is 3. The van der Waals surface area contributed by atoms with E-state index in [0.29, 0.717) is 10.8 Å². The van der Waals surface area contributed by atoms with Crippen LogP contribution in [-0.4, -0.2) is 24.9 Å². The van der Waals surface area contributed by atoms with Crippen LogP contribution in [0.4, 0.5) is 0 Å². The molecule has 0 aromatic carbocycles. The lowest BCUT2D eigenvalue weighted by atomic mass is 9.45. The van der Waals surface area contributed by atoms with Gasteiger partial charge in [-0.05, 0) is 80.1 Å². The minimum atomic E-state index is 0.0421. The van der Waals surface area contributed by atoms with Gasteiger partial charge in [-0.25, -0.2) is 0 Å². The zero-order valence-electron chi connectivity index (χ0n) is 18.5. The molecule has 1 saturated heterocycles. The van der Waals surface area contributed by atoms with Gasteiger partial charge in [-0.1, -0.05) is 50.9 Å². The number of hydrogen-bond donors (Lipinski definition) is 1. The van der Waals surface area contributed by atoms with Crippen molar-refractivity contribution in [3.8, 4) is 0 Å². The summed E-state index contributed by atoms with van der Waals surface area (Å²) in [6.07, 6.45) is 15.0. The monoisotopic (exact) mass is 384 g/mol. The molecule has 5 rings (SSSR count). The van der Waals surface area contributed by atoms with E-state index in [-0.39, 0.29) is 11.5 Å². The highest BCUT2D eigenvalue weighted by Crippen LogP contribution is 2.66. The fraction of sp³-hybridized carbons (Fsp3) is 0.880. The van der Waals surface area contributed by atoms with Crippen molar-refractivity contribution in [1.82, 2.24) is 5.32 Å². The normalized spacial score (nSPS) is 48.6. The van der Waals surface area contributed by atoms with Crippen LogP contribution in [0, 0.1) is 34.0 Å². The van der Waals surface area contributed by atoms with Crippen LogP contribution in [-0.2, 0) is 4.84 Å². The van der Waals surface area contributed by atoms with Crippen molar-refractivity contribution in [3.05, 3.63) is 11.6 Å². The highest BCUT2D eigenvalue weighted by Gasteiger charge is 2.58. The van der Waals surface area contributed by atoms with Gasteiger partial charge in [0.15, 0.2) is 0 Å². The molecule has 0 unspecified atom stereocenters. The Kier molecular flexibility index (Phi) is 4.51. The molecule has 0 aromatic heterocycles. The third kappa shape index (κ3) is 2.75. The van der Waals surface area contributed by atoms with E-state index < -0.39 is 0 Å². The van der Waals surface area contributed by atoms with E-state index >= 15 is 0 Å². The first-order valence-corrected chi connectivity index (χ1v) is 12.0. The fourth-order valence-electron chi connectivity index (χ4n) is 8.24. The van der Waals surface area contributed by atoms with Crippen LogP contribution in [0.3, 0.4) is 0 Å². The van der Waals surface area contributed by atoms with Crippen molar-refractivity contribution >= 4 is 5.71 Å². The molecule has 0 spiro atoms. The van der Waals surface area contributed by atoms with Crippen LogP contribution in [0.5, 0.6) is 0 Å². The second-order valence-electron chi connectivity index (χ2n) is 11.6. The number of oxime groups is 1. The minimum Gasteiger partial charge on any atom is -0.391 e. The van der Waals surface area contributed by atoms with E-state index in [1.165, 1.54) is 50.7 Å². The minimum absolute atomic E-state index is 0.0421. The molecule has 1 heterocycles. The molecule has 0 bridgehead atoms. The van der Waals surface area contributed by atoms with E-state index in [0.717, 1.165) is 43.7 Å². The summed E-state index contributed by atoms with van der Waals surface area (Å²) < 4.78 is 0. The van der Waals surface area contributed by atoms with Crippen LogP contribution in [0.2, 0.25) is 0 Å². The summed E-state index contributed by atoms with van der Waals surface area (Å²) in [5, 5.41) is 8.12. The van der Waals surface area contributed by atoms with Gasteiger partial charge in [-0.15, -0.1) is 0 Å². The van der Waals surface area contributed by atoms with Crippen LogP contribution < -0.4 is 5.32 Å². The number of allylic oxidation sites excluding steroid dienone is 2. The molecule has 3 saturated carbocycles. The van der Waals surface area contributed by atoms with Gasteiger partial charge < -0.3 is 10.2 Å². The van der Waals surface area contributed by atoms with Gasteiger partial charge >= 0.3 is 0 Å². The predicted molar refractivity (Wildman–Crippen MR) is 115 cm³/mol. The molecule has 3 nitrogen and oxygen atoms in total. The van der Waals surface area contributed by atoms with Gasteiger partial charge in [-0.3, -0.25) is 0 Å². The van der Waals surface area contributed by atoms with Crippen LogP contribution in [0.1, 0.15) is 85.5 Å². The first kappa shape index (κ1) is 19.2. The molecule has 1 aliphatic heterocycles. The van der Waals surface area contributed by atoms with E-state index in [9.17, 15) is 0 Å². The van der Waals surface area contributed by atoms with Crippen LogP contribution in [0.25, 0.3) is 0 Å². The van der Waals surface area contributed by atoms with Gasteiger partial charge in [0.2, 0.25) is 0 Å². The number of fused-ring (bicyclic) bond motifs is 5. The fourth-order valence-corrected chi connectivity index (χ4v) is 8.24. The Labute approximate surface area is 171 Å². The zero-order chi connectivity index (χ0) is 19.6. The average Bonchev–Trinajstić information content (AvgIpc) is 3.29. The van der Waals surface area contributed by atoms with E-state index in [4.69, 9.17) is 9.99 Å². The largest absolute Gasteiger partial charge is 0.391 e. The maximum absolute atomic E-state index is 5.97. The Morgan fingerprint density at radius 3 is 2.68 bits per heavy atom. The molecule has 0 amide bonds. The second kappa shape index (κ2) is 6.59. The highest BCUT2D eigenvalue weighted by molar-refractivity contribution is 5.93. The van der Waals surface area contributed by atoms with Crippen molar-refractivity contribution in [2.45, 2.75) is 91.6 Å². The third-order valence-electron chi connectivity index (χ3n) is 9.85. The van der Waals surface area contributed by atoms with Crippen molar-refractivity contribution in [2.24, 2.45) is 39.2 Å². The number of rotatable bonds is 2. The zero-order valence-corrected chi connectivity index (χ0v) is 18.5. The van der Waals surface area contributed by atoms with Crippen molar-refractivity contribution in [1.29, 1.82) is 0 Å². The summed E-state index contributed by atoms with van der Waals surface area (Å²) in [7, 11) is 0. The van der Waals surface area contributed by atoms with E-state index in [1.54, 1.807) is 5.57 Å². The summed E-state index contributed by atoms with van der Waals surface area (Å²) in [6.45, 7) is 12.0. The molecule has 156 valence electrons. The van der Waals surface area contributed by atoms with E-state index in [2.05, 4.69) is 39.1 Å². The van der Waals surface area contributed by atoms with Gasteiger partial charge in [-0.2, -0.15) is 0 Å². The molecule has 1 N–H and O–H groups in total. The maximum atomic E-state index is 5.97. The van der Waals surface area contributed by atoms with Gasteiger partial charge in [0.05, 0.1) is 5.71 Å². The molecule has 4 aliphatic carbocycles. The summed E-state index contributed by atoms with van der Waals surface area (Å²) in [5.41, 5.74) is 4.01. The van der Waals surface area contributed by atoms with Crippen molar-refractivity contribution < 1.29 is 4.84 Å². The highest BCUT2D eigenvalue weighted by atomic mass is 16.6. The molecule has 4 fully saturated rings. The average molecular weight is 385 g/mol. The topological polar surface area (TPSA) is 33.6 Å².